The van der Waals surface area contributed by atoms with Crippen LogP contribution in [0.5, 0.6) is 0 Å². The third-order valence-electron chi connectivity index (χ3n) is 1.90. The van der Waals surface area contributed by atoms with Gasteiger partial charge in [-0.15, -0.1) is 0 Å². The van der Waals surface area contributed by atoms with Crippen LogP contribution in [0.3, 0.4) is 0 Å². The van der Waals surface area contributed by atoms with Crippen LogP contribution >= 0.6 is 0 Å². The van der Waals surface area contributed by atoms with Crippen LogP contribution in [-0.2, 0) is 10.8 Å². The molecule has 0 aliphatic rings. The minimum Gasteiger partial charge on any atom is -0.353 e. The fourth-order valence-corrected chi connectivity index (χ4v) is 1.15. The first-order valence-corrected chi connectivity index (χ1v) is 6.06. The van der Waals surface area contributed by atoms with E-state index >= 15 is 0 Å². The van der Waals surface area contributed by atoms with E-state index < -0.39 is 10.8 Å². The summed E-state index contributed by atoms with van der Waals surface area (Å²) in [5.74, 6) is 0.591. The first-order chi connectivity index (χ1) is 6.59. The predicted molar refractivity (Wildman–Crippen MR) is 58.8 cm³/mol. The third-order valence-corrected chi connectivity index (χ3v) is 3.20. The number of anilines is 1. The number of nitrogens with one attached hydrogen (secondary N) is 1. The highest BCUT2D eigenvalue weighted by Gasteiger charge is 2.05. The average Bonchev–Trinajstić information content (AvgIpc) is 2.16. The largest absolute Gasteiger partial charge is 0.353 e. The van der Waals surface area contributed by atoms with Crippen molar-refractivity contribution in [3.05, 3.63) is 18.0 Å². The molecule has 5 heteroatoms. The van der Waals surface area contributed by atoms with Crippen molar-refractivity contribution < 1.29 is 4.21 Å². The van der Waals surface area contributed by atoms with Gasteiger partial charge < -0.3 is 5.32 Å². The van der Waals surface area contributed by atoms with Crippen LogP contribution in [0, 0.1) is 6.92 Å². The Morgan fingerprint density at radius 2 is 2.07 bits per heavy atom. The SMILES string of the molecule is Cc1cnc(NCC(C)S(C)=O)nc1. The van der Waals surface area contributed by atoms with E-state index in [0.717, 1.165) is 5.56 Å². The van der Waals surface area contributed by atoms with E-state index in [4.69, 9.17) is 0 Å². The highest BCUT2D eigenvalue weighted by molar-refractivity contribution is 7.84. The van der Waals surface area contributed by atoms with Gasteiger partial charge in [-0.3, -0.25) is 4.21 Å². The molecule has 1 aromatic rings. The van der Waals surface area contributed by atoms with E-state index in [9.17, 15) is 4.21 Å². The predicted octanol–water partition coefficient (Wildman–Crippen LogP) is 0.964. The Morgan fingerprint density at radius 1 is 1.50 bits per heavy atom. The number of hydrogen-bond acceptors (Lipinski definition) is 4. The molecule has 0 fully saturated rings. The number of aromatic nitrogens is 2. The smallest absolute Gasteiger partial charge is 0.222 e. The minimum atomic E-state index is -0.806. The minimum absolute atomic E-state index is 0.111. The number of aryl methyl sites for hydroxylation is 1. The van der Waals surface area contributed by atoms with Gasteiger partial charge in [0.15, 0.2) is 0 Å². The molecule has 1 N–H and O–H groups in total. The van der Waals surface area contributed by atoms with Gasteiger partial charge in [-0.25, -0.2) is 9.97 Å². The van der Waals surface area contributed by atoms with Gasteiger partial charge in [-0.05, 0) is 19.4 Å². The van der Waals surface area contributed by atoms with Crippen LogP contribution in [-0.4, -0.2) is 32.2 Å². The zero-order chi connectivity index (χ0) is 10.6. The van der Waals surface area contributed by atoms with Gasteiger partial charge in [0.05, 0.1) is 0 Å². The summed E-state index contributed by atoms with van der Waals surface area (Å²) in [7, 11) is -0.806. The molecule has 2 atom stereocenters. The summed E-state index contributed by atoms with van der Waals surface area (Å²) < 4.78 is 11.0. The summed E-state index contributed by atoms with van der Waals surface area (Å²) in [6.45, 7) is 4.50. The lowest BCUT2D eigenvalue weighted by Gasteiger charge is -2.09. The van der Waals surface area contributed by atoms with E-state index in [0.29, 0.717) is 12.5 Å². The Bertz CT molecular complexity index is 312. The monoisotopic (exact) mass is 213 g/mol. The Kier molecular flexibility index (Phi) is 4.00. The first kappa shape index (κ1) is 11.1. The van der Waals surface area contributed by atoms with Gasteiger partial charge in [0, 0.05) is 41.2 Å². The van der Waals surface area contributed by atoms with Crippen molar-refractivity contribution in [3.63, 3.8) is 0 Å². The van der Waals surface area contributed by atoms with Gasteiger partial charge >= 0.3 is 0 Å². The summed E-state index contributed by atoms with van der Waals surface area (Å²) in [6.07, 6.45) is 5.20. The molecule has 1 heterocycles. The summed E-state index contributed by atoms with van der Waals surface area (Å²) in [5, 5.41) is 3.15. The van der Waals surface area contributed by atoms with Gasteiger partial charge in [0.1, 0.15) is 0 Å². The lowest BCUT2D eigenvalue weighted by atomic mass is 10.4. The molecule has 14 heavy (non-hydrogen) atoms. The molecule has 78 valence electrons. The fourth-order valence-electron chi connectivity index (χ4n) is 0.836. The Labute approximate surface area is 86.6 Å². The maximum atomic E-state index is 11.0. The van der Waals surface area contributed by atoms with Crippen molar-refractivity contribution in [1.82, 2.24) is 9.97 Å². The molecule has 0 aliphatic heterocycles. The van der Waals surface area contributed by atoms with Crippen LogP contribution in [0.15, 0.2) is 12.4 Å². The molecule has 0 spiro atoms. The van der Waals surface area contributed by atoms with Crippen molar-refractivity contribution in [2.75, 3.05) is 18.1 Å². The zero-order valence-corrected chi connectivity index (χ0v) is 9.47. The Morgan fingerprint density at radius 3 is 2.57 bits per heavy atom. The summed E-state index contributed by atoms with van der Waals surface area (Å²) in [5.41, 5.74) is 1.03. The number of rotatable bonds is 4. The first-order valence-electron chi connectivity index (χ1n) is 4.44. The summed E-state index contributed by atoms with van der Waals surface area (Å²) >= 11 is 0. The molecule has 0 amide bonds. The van der Waals surface area contributed by atoms with Gasteiger partial charge in [-0.2, -0.15) is 0 Å². The molecule has 0 saturated heterocycles. The Balaban J connectivity index is 2.46. The summed E-state index contributed by atoms with van der Waals surface area (Å²) in [6, 6.07) is 0. The average molecular weight is 213 g/mol. The van der Waals surface area contributed by atoms with Gasteiger partial charge in [0.2, 0.25) is 5.95 Å². The maximum absolute atomic E-state index is 11.0. The molecule has 0 radical (unpaired) electrons. The zero-order valence-electron chi connectivity index (χ0n) is 8.65. The van der Waals surface area contributed by atoms with Crippen LogP contribution in [0.4, 0.5) is 5.95 Å². The van der Waals surface area contributed by atoms with Crippen molar-refractivity contribution in [2.45, 2.75) is 19.1 Å². The van der Waals surface area contributed by atoms with E-state index in [2.05, 4.69) is 15.3 Å². The molecule has 1 aromatic heterocycles. The van der Waals surface area contributed by atoms with Crippen LogP contribution in [0.25, 0.3) is 0 Å². The molecule has 0 aliphatic carbocycles. The van der Waals surface area contributed by atoms with Crippen LogP contribution in [0.2, 0.25) is 0 Å². The fraction of sp³-hybridized carbons (Fsp3) is 0.556. The van der Waals surface area contributed by atoms with E-state index in [-0.39, 0.29) is 5.25 Å². The second kappa shape index (κ2) is 5.05. The summed E-state index contributed by atoms with van der Waals surface area (Å²) in [4.78, 5) is 8.18. The quantitative estimate of drug-likeness (QED) is 0.809. The lowest BCUT2D eigenvalue weighted by molar-refractivity contribution is 0.678. The Hall–Kier alpha value is -0.970. The molecule has 0 aromatic carbocycles. The standard InChI is InChI=1S/C9H15N3OS/c1-7-4-10-9(11-5-7)12-6-8(2)14(3)13/h4-5,8H,6H2,1-3H3,(H,10,11,12). The topological polar surface area (TPSA) is 54.9 Å². The van der Waals surface area contributed by atoms with E-state index in [1.54, 1.807) is 18.6 Å². The molecule has 0 saturated carbocycles. The van der Waals surface area contributed by atoms with Crippen LogP contribution in [0.1, 0.15) is 12.5 Å². The molecule has 2 unspecified atom stereocenters. The molecular weight excluding hydrogens is 198 g/mol. The highest BCUT2D eigenvalue weighted by Crippen LogP contribution is 2.00. The van der Waals surface area contributed by atoms with Crippen molar-refractivity contribution in [3.8, 4) is 0 Å². The van der Waals surface area contributed by atoms with Crippen molar-refractivity contribution in [1.29, 1.82) is 0 Å². The molecule has 1 rings (SSSR count). The van der Waals surface area contributed by atoms with Crippen LogP contribution < -0.4 is 5.32 Å². The molecule has 0 bridgehead atoms. The van der Waals surface area contributed by atoms with E-state index in [1.807, 2.05) is 13.8 Å². The lowest BCUT2D eigenvalue weighted by Crippen LogP contribution is -2.21. The highest BCUT2D eigenvalue weighted by atomic mass is 32.2. The molecular formula is C9H15N3OS. The normalized spacial score (nSPS) is 14.8. The van der Waals surface area contributed by atoms with Crippen molar-refractivity contribution in [2.24, 2.45) is 0 Å². The maximum Gasteiger partial charge on any atom is 0.222 e. The third kappa shape index (κ3) is 3.41. The molecule has 4 nitrogen and oxygen atoms in total. The van der Waals surface area contributed by atoms with Gasteiger partial charge in [0.25, 0.3) is 0 Å². The number of nitrogens with zero attached hydrogens (tertiary/aromatic N) is 2. The number of hydrogen-bond donors (Lipinski definition) is 1. The second-order valence-corrected chi connectivity index (χ2v) is 5.08. The second-order valence-electron chi connectivity index (χ2n) is 3.27. The van der Waals surface area contributed by atoms with Gasteiger partial charge in [-0.1, -0.05) is 0 Å². The van der Waals surface area contributed by atoms with E-state index in [1.165, 1.54) is 0 Å². The van der Waals surface area contributed by atoms with Crippen molar-refractivity contribution >= 4 is 16.7 Å².